The molecule has 2 amide bonds. The van der Waals surface area contributed by atoms with Crippen LogP contribution in [0.25, 0.3) is 0 Å². The summed E-state index contributed by atoms with van der Waals surface area (Å²) in [6.07, 6.45) is 2.50. The van der Waals surface area contributed by atoms with Crippen molar-refractivity contribution in [3.8, 4) is 0 Å². The van der Waals surface area contributed by atoms with Crippen LogP contribution in [0, 0.1) is 0 Å². The van der Waals surface area contributed by atoms with Crippen LogP contribution in [-0.2, 0) is 27.2 Å². The number of thiazole rings is 1. The summed E-state index contributed by atoms with van der Waals surface area (Å²) >= 11 is 1.43. The maximum Gasteiger partial charge on any atom is 0.413 e. The smallest absolute Gasteiger partial charge is 0.413 e. The van der Waals surface area contributed by atoms with E-state index < -0.39 is 6.09 Å². The van der Waals surface area contributed by atoms with Crippen LogP contribution in [0.1, 0.15) is 23.4 Å². The molecule has 1 saturated heterocycles. The van der Waals surface area contributed by atoms with E-state index in [0.717, 1.165) is 43.0 Å². The number of rotatable bonds is 5. The van der Waals surface area contributed by atoms with Crippen molar-refractivity contribution in [3.63, 3.8) is 0 Å². The number of nitrogens with one attached hydrogen (secondary N) is 2. The van der Waals surface area contributed by atoms with E-state index in [-0.39, 0.29) is 12.0 Å². The number of methoxy groups -OCH3 is 1. The first-order valence-corrected chi connectivity index (χ1v) is 8.90. The van der Waals surface area contributed by atoms with Crippen LogP contribution in [0.3, 0.4) is 0 Å². The predicted octanol–water partition coefficient (Wildman–Crippen LogP) is 0.975. The summed E-state index contributed by atoms with van der Waals surface area (Å²) in [5.41, 5.74) is 0.988. The number of hydrogen-bond acceptors (Lipinski definition) is 7. The van der Waals surface area contributed by atoms with Crippen molar-refractivity contribution in [2.45, 2.75) is 31.9 Å². The van der Waals surface area contributed by atoms with Crippen molar-refractivity contribution in [2.75, 3.05) is 38.7 Å². The van der Waals surface area contributed by atoms with Crippen molar-refractivity contribution in [3.05, 3.63) is 10.6 Å². The summed E-state index contributed by atoms with van der Waals surface area (Å²) in [5, 5.41) is 6.07. The molecule has 0 saturated carbocycles. The Morgan fingerprint density at radius 3 is 3.12 bits per heavy atom. The van der Waals surface area contributed by atoms with Gasteiger partial charge in [-0.3, -0.25) is 15.0 Å². The molecule has 9 heteroatoms. The lowest BCUT2D eigenvalue weighted by Gasteiger charge is -2.25. The SMILES string of the molecule is COC(=O)Nc1nc2c(s1)CN(CC(=O)NCC1CCCO1)CC2. The lowest BCUT2D eigenvalue weighted by molar-refractivity contribution is -0.122. The van der Waals surface area contributed by atoms with E-state index in [9.17, 15) is 9.59 Å². The summed E-state index contributed by atoms with van der Waals surface area (Å²) in [4.78, 5) is 30.9. The van der Waals surface area contributed by atoms with Gasteiger partial charge in [0, 0.05) is 37.5 Å². The zero-order valence-corrected chi connectivity index (χ0v) is 14.5. The number of fused-ring (bicyclic) bond motifs is 1. The van der Waals surface area contributed by atoms with Crippen LogP contribution in [0.5, 0.6) is 0 Å². The highest BCUT2D eigenvalue weighted by atomic mass is 32.1. The number of ether oxygens (including phenoxy) is 2. The van der Waals surface area contributed by atoms with Crippen LogP contribution in [0.15, 0.2) is 0 Å². The van der Waals surface area contributed by atoms with E-state index in [4.69, 9.17) is 4.74 Å². The number of anilines is 1. The molecular formula is C15H22N4O4S. The lowest BCUT2D eigenvalue weighted by Crippen LogP contribution is -2.41. The third kappa shape index (κ3) is 4.43. The Morgan fingerprint density at radius 1 is 1.50 bits per heavy atom. The van der Waals surface area contributed by atoms with Crippen molar-refractivity contribution in [2.24, 2.45) is 0 Å². The molecule has 1 aromatic heterocycles. The standard InChI is InChI=1S/C15H22N4O4S/c1-22-15(21)18-14-17-11-4-5-19(8-12(11)24-14)9-13(20)16-7-10-3-2-6-23-10/h10H,2-9H2,1H3,(H,16,20)(H,17,18,21). The largest absolute Gasteiger partial charge is 0.453 e. The number of hydrogen-bond donors (Lipinski definition) is 2. The second kappa shape index (κ2) is 7.91. The number of amides is 2. The molecule has 1 fully saturated rings. The van der Waals surface area contributed by atoms with Crippen LogP contribution >= 0.6 is 11.3 Å². The topological polar surface area (TPSA) is 92.8 Å². The first-order chi connectivity index (χ1) is 11.6. The van der Waals surface area contributed by atoms with Crippen LogP contribution in [0.2, 0.25) is 0 Å². The van der Waals surface area contributed by atoms with Gasteiger partial charge in [-0.25, -0.2) is 9.78 Å². The summed E-state index contributed by atoms with van der Waals surface area (Å²) in [6.45, 7) is 3.20. The molecule has 24 heavy (non-hydrogen) atoms. The van der Waals surface area contributed by atoms with Crippen molar-refractivity contribution in [1.82, 2.24) is 15.2 Å². The Bertz CT molecular complexity index is 600. The number of carbonyl (C=O) groups excluding carboxylic acids is 2. The summed E-state index contributed by atoms with van der Waals surface area (Å²) in [6, 6.07) is 0. The molecule has 0 radical (unpaired) electrons. The lowest BCUT2D eigenvalue weighted by atomic mass is 10.2. The molecule has 1 aromatic rings. The Kier molecular flexibility index (Phi) is 5.64. The Balaban J connectivity index is 1.47. The first kappa shape index (κ1) is 17.1. The molecular weight excluding hydrogens is 332 g/mol. The molecule has 1 atom stereocenters. The maximum atomic E-state index is 12.1. The second-order valence-electron chi connectivity index (χ2n) is 5.91. The Hall–Kier alpha value is -1.71. The maximum absolute atomic E-state index is 12.1. The van der Waals surface area contributed by atoms with Gasteiger partial charge in [0.2, 0.25) is 5.91 Å². The number of carbonyl (C=O) groups is 2. The molecule has 132 valence electrons. The van der Waals surface area contributed by atoms with Gasteiger partial charge in [0.15, 0.2) is 5.13 Å². The van der Waals surface area contributed by atoms with Gasteiger partial charge in [0.05, 0.1) is 25.5 Å². The molecule has 3 heterocycles. The highest BCUT2D eigenvalue weighted by Gasteiger charge is 2.23. The van der Waals surface area contributed by atoms with Crippen molar-refractivity contribution in [1.29, 1.82) is 0 Å². The van der Waals surface area contributed by atoms with E-state index in [0.29, 0.717) is 24.8 Å². The normalized spacial score (nSPS) is 20.5. The fraction of sp³-hybridized carbons (Fsp3) is 0.667. The van der Waals surface area contributed by atoms with Gasteiger partial charge < -0.3 is 14.8 Å². The van der Waals surface area contributed by atoms with Gasteiger partial charge >= 0.3 is 6.09 Å². The van der Waals surface area contributed by atoms with Crippen LogP contribution in [0.4, 0.5) is 9.93 Å². The minimum atomic E-state index is -0.522. The van der Waals surface area contributed by atoms with E-state index >= 15 is 0 Å². The quantitative estimate of drug-likeness (QED) is 0.819. The third-order valence-electron chi connectivity index (χ3n) is 4.12. The third-order valence-corrected chi connectivity index (χ3v) is 5.12. The second-order valence-corrected chi connectivity index (χ2v) is 6.99. The molecule has 0 spiro atoms. The van der Waals surface area contributed by atoms with Gasteiger partial charge in [-0.1, -0.05) is 11.3 Å². The fourth-order valence-corrected chi connectivity index (χ4v) is 3.90. The van der Waals surface area contributed by atoms with E-state index in [1.807, 2.05) is 0 Å². The number of nitrogens with zero attached hydrogens (tertiary/aromatic N) is 2. The zero-order valence-electron chi connectivity index (χ0n) is 13.7. The molecule has 3 rings (SSSR count). The highest BCUT2D eigenvalue weighted by molar-refractivity contribution is 7.15. The monoisotopic (exact) mass is 354 g/mol. The van der Waals surface area contributed by atoms with Gasteiger partial charge in [0.1, 0.15) is 0 Å². The van der Waals surface area contributed by atoms with Crippen molar-refractivity contribution < 1.29 is 19.1 Å². The summed E-state index contributed by atoms with van der Waals surface area (Å²) in [5.74, 6) is 0.0198. The molecule has 0 aliphatic carbocycles. The summed E-state index contributed by atoms with van der Waals surface area (Å²) in [7, 11) is 1.32. The highest BCUT2D eigenvalue weighted by Crippen LogP contribution is 2.28. The minimum Gasteiger partial charge on any atom is -0.453 e. The molecule has 8 nitrogen and oxygen atoms in total. The van der Waals surface area contributed by atoms with Crippen LogP contribution < -0.4 is 10.6 Å². The average Bonchev–Trinajstić information content (AvgIpc) is 3.21. The molecule has 2 aliphatic heterocycles. The van der Waals surface area contributed by atoms with E-state index in [2.05, 4.69) is 25.3 Å². The predicted molar refractivity (Wildman–Crippen MR) is 89.1 cm³/mol. The average molecular weight is 354 g/mol. The first-order valence-electron chi connectivity index (χ1n) is 8.08. The number of aromatic nitrogens is 1. The molecule has 0 bridgehead atoms. The Labute approximate surface area is 144 Å². The van der Waals surface area contributed by atoms with Gasteiger partial charge in [0.25, 0.3) is 0 Å². The van der Waals surface area contributed by atoms with E-state index in [1.165, 1.54) is 18.4 Å². The molecule has 2 N–H and O–H groups in total. The van der Waals surface area contributed by atoms with Gasteiger partial charge in [-0.15, -0.1) is 0 Å². The molecule has 2 aliphatic rings. The van der Waals surface area contributed by atoms with Gasteiger partial charge in [-0.05, 0) is 12.8 Å². The summed E-state index contributed by atoms with van der Waals surface area (Å²) < 4.78 is 10.1. The minimum absolute atomic E-state index is 0.0198. The fourth-order valence-electron chi connectivity index (χ4n) is 2.87. The molecule has 1 unspecified atom stereocenters. The van der Waals surface area contributed by atoms with E-state index in [1.54, 1.807) is 0 Å². The molecule has 0 aromatic carbocycles. The van der Waals surface area contributed by atoms with Crippen LogP contribution in [-0.4, -0.2) is 61.3 Å². The Morgan fingerprint density at radius 2 is 2.38 bits per heavy atom. The van der Waals surface area contributed by atoms with Gasteiger partial charge in [-0.2, -0.15) is 0 Å². The van der Waals surface area contributed by atoms with Crippen molar-refractivity contribution >= 4 is 28.5 Å². The zero-order chi connectivity index (χ0) is 16.9.